The zero-order valence-electron chi connectivity index (χ0n) is 18.0. The van der Waals surface area contributed by atoms with E-state index in [4.69, 9.17) is 0 Å². The van der Waals surface area contributed by atoms with Crippen molar-refractivity contribution in [2.45, 2.75) is 25.4 Å². The second kappa shape index (κ2) is 9.07. The summed E-state index contributed by atoms with van der Waals surface area (Å²) in [5.74, 6) is 0. The maximum Gasteiger partial charge on any atom is 0.416 e. The van der Waals surface area contributed by atoms with E-state index in [1.165, 1.54) is 6.07 Å². The predicted octanol–water partition coefficient (Wildman–Crippen LogP) is 5.98. The van der Waals surface area contributed by atoms with Gasteiger partial charge in [0, 0.05) is 48.5 Å². The van der Waals surface area contributed by atoms with Gasteiger partial charge < -0.3 is 4.90 Å². The Balaban J connectivity index is 1.50. The van der Waals surface area contributed by atoms with Gasteiger partial charge in [-0.1, -0.05) is 24.8 Å². The van der Waals surface area contributed by atoms with Crippen LogP contribution in [-0.2, 0) is 12.6 Å². The molecule has 4 rings (SSSR count). The van der Waals surface area contributed by atoms with Crippen LogP contribution in [0, 0.1) is 16.7 Å². The van der Waals surface area contributed by atoms with Crippen molar-refractivity contribution < 1.29 is 13.2 Å². The van der Waals surface area contributed by atoms with Crippen LogP contribution in [0.4, 0.5) is 13.2 Å². The van der Waals surface area contributed by atoms with Crippen molar-refractivity contribution in [1.82, 2.24) is 14.9 Å². The SMILES string of the molecule is C=C(c1cccnc1-c1ccncc1)N1CCC(C#N)(Cc2cccc(C(F)(F)F)c2)CC1. The largest absolute Gasteiger partial charge is 0.416 e. The van der Waals surface area contributed by atoms with Crippen LogP contribution in [0.3, 0.4) is 0 Å². The number of hydrogen-bond acceptors (Lipinski definition) is 4. The Morgan fingerprint density at radius 1 is 1.06 bits per heavy atom. The van der Waals surface area contributed by atoms with Crippen molar-refractivity contribution in [3.63, 3.8) is 0 Å². The van der Waals surface area contributed by atoms with Gasteiger partial charge in [-0.05, 0) is 55.2 Å². The monoisotopic (exact) mass is 448 g/mol. The number of hydrogen-bond donors (Lipinski definition) is 0. The van der Waals surface area contributed by atoms with Gasteiger partial charge in [0.2, 0.25) is 0 Å². The van der Waals surface area contributed by atoms with E-state index in [-0.39, 0.29) is 0 Å². The molecule has 0 unspecified atom stereocenters. The number of benzene rings is 1. The standard InChI is InChI=1S/C26H23F3N4/c1-19(23-6-3-11-32-24(23)21-7-12-31-13-8-21)33-14-9-25(18-30,10-15-33)17-20-4-2-5-22(16-20)26(27,28)29/h2-8,11-13,16H,1,9-10,14-15,17H2. The van der Waals surface area contributed by atoms with Gasteiger partial charge >= 0.3 is 6.18 Å². The van der Waals surface area contributed by atoms with Gasteiger partial charge in [-0.25, -0.2) is 0 Å². The summed E-state index contributed by atoms with van der Waals surface area (Å²) in [4.78, 5) is 10.7. The van der Waals surface area contributed by atoms with Crippen molar-refractivity contribution in [3.8, 4) is 17.3 Å². The molecule has 1 aromatic carbocycles. The number of aromatic nitrogens is 2. The molecule has 0 atom stereocenters. The molecule has 3 aromatic rings. The summed E-state index contributed by atoms with van der Waals surface area (Å²) < 4.78 is 39.3. The molecular formula is C26H23F3N4. The smallest absolute Gasteiger partial charge is 0.371 e. The third-order valence-corrected chi connectivity index (χ3v) is 6.21. The van der Waals surface area contributed by atoms with E-state index >= 15 is 0 Å². The van der Waals surface area contributed by atoms with Gasteiger partial charge in [-0.15, -0.1) is 0 Å². The predicted molar refractivity (Wildman–Crippen MR) is 121 cm³/mol. The molecule has 0 spiro atoms. The quantitative estimate of drug-likeness (QED) is 0.482. The van der Waals surface area contributed by atoms with Crippen molar-refractivity contribution in [2.75, 3.05) is 13.1 Å². The van der Waals surface area contributed by atoms with Crippen LogP contribution >= 0.6 is 0 Å². The van der Waals surface area contributed by atoms with E-state index in [0.29, 0.717) is 37.9 Å². The van der Waals surface area contributed by atoms with Gasteiger partial charge in [0.15, 0.2) is 0 Å². The van der Waals surface area contributed by atoms with E-state index < -0.39 is 17.2 Å². The van der Waals surface area contributed by atoms with Gasteiger partial charge in [-0.2, -0.15) is 18.4 Å². The molecule has 0 amide bonds. The van der Waals surface area contributed by atoms with Crippen LogP contribution in [0.5, 0.6) is 0 Å². The highest BCUT2D eigenvalue weighted by molar-refractivity contribution is 5.76. The molecule has 0 N–H and O–H groups in total. The molecule has 1 aliphatic heterocycles. The van der Waals surface area contributed by atoms with Crippen LogP contribution < -0.4 is 0 Å². The molecule has 3 heterocycles. The molecule has 4 nitrogen and oxygen atoms in total. The molecule has 0 saturated carbocycles. The number of alkyl halides is 3. The Labute approximate surface area is 191 Å². The highest BCUT2D eigenvalue weighted by Crippen LogP contribution is 2.39. The summed E-state index contributed by atoms with van der Waals surface area (Å²) >= 11 is 0. The fourth-order valence-corrected chi connectivity index (χ4v) is 4.33. The molecule has 0 radical (unpaired) electrons. The Morgan fingerprint density at radius 3 is 2.45 bits per heavy atom. The normalized spacial score (nSPS) is 15.6. The Kier molecular flexibility index (Phi) is 6.19. The molecular weight excluding hydrogens is 425 g/mol. The van der Waals surface area contributed by atoms with E-state index in [0.717, 1.165) is 34.7 Å². The lowest BCUT2D eigenvalue weighted by molar-refractivity contribution is -0.137. The highest BCUT2D eigenvalue weighted by Gasteiger charge is 2.37. The second-order valence-corrected chi connectivity index (χ2v) is 8.34. The Hall–Kier alpha value is -3.66. The Bertz CT molecular complexity index is 1170. The molecule has 1 aliphatic rings. The fourth-order valence-electron chi connectivity index (χ4n) is 4.33. The number of rotatable bonds is 5. The van der Waals surface area contributed by atoms with E-state index in [1.54, 1.807) is 24.7 Å². The second-order valence-electron chi connectivity index (χ2n) is 8.34. The first kappa shape index (κ1) is 22.5. The molecule has 33 heavy (non-hydrogen) atoms. The zero-order chi connectivity index (χ0) is 23.5. The fraction of sp³-hybridized carbons (Fsp3) is 0.269. The third-order valence-electron chi connectivity index (χ3n) is 6.21. The van der Waals surface area contributed by atoms with E-state index in [1.807, 2.05) is 24.3 Å². The summed E-state index contributed by atoms with van der Waals surface area (Å²) in [5.41, 5.74) is 2.63. The highest BCUT2D eigenvalue weighted by atomic mass is 19.4. The summed E-state index contributed by atoms with van der Waals surface area (Å²) in [6, 6.07) is 15.3. The van der Waals surface area contributed by atoms with Crippen LogP contribution in [0.1, 0.15) is 29.5 Å². The van der Waals surface area contributed by atoms with Crippen molar-refractivity contribution in [3.05, 3.63) is 90.4 Å². The first-order valence-corrected chi connectivity index (χ1v) is 10.7. The van der Waals surface area contributed by atoms with Crippen molar-refractivity contribution >= 4 is 5.70 Å². The summed E-state index contributed by atoms with van der Waals surface area (Å²) in [7, 11) is 0. The molecule has 7 heteroatoms. The first-order chi connectivity index (χ1) is 15.8. The zero-order valence-corrected chi connectivity index (χ0v) is 18.0. The van der Waals surface area contributed by atoms with Gasteiger partial charge in [0.1, 0.15) is 0 Å². The number of piperidine rings is 1. The number of nitrogens with zero attached hydrogens (tertiary/aromatic N) is 4. The minimum Gasteiger partial charge on any atom is -0.371 e. The van der Waals surface area contributed by atoms with Crippen molar-refractivity contribution in [2.24, 2.45) is 5.41 Å². The molecule has 168 valence electrons. The summed E-state index contributed by atoms with van der Waals surface area (Å²) in [6.45, 7) is 5.48. The van der Waals surface area contributed by atoms with Gasteiger partial charge in [0.25, 0.3) is 0 Å². The van der Waals surface area contributed by atoms with Crippen LogP contribution in [0.15, 0.2) is 73.7 Å². The van der Waals surface area contributed by atoms with Crippen LogP contribution in [-0.4, -0.2) is 28.0 Å². The topological polar surface area (TPSA) is 52.8 Å². The average Bonchev–Trinajstić information content (AvgIpc) is 2.84. The average molecular weight is 448 g/mol. The lowest BCUT2D eigenvalue weighted by Gasteiger charge is -2.39. The van der Waals surface area contributed by atoms with Crippen molar-refractivity contribution in [1.29, 1.82) is 5.26 Å². The molecule has 0 aliphatic carbocycles. The lowest BCUT2D eigenvalue weighted by Crippen LogP contribution is -2.39. The minimum atomic E-state index is -4.40. The van der Waals surface area contributed by atoms with Crippen LogP contribution in [0.2, 0.25) is 0 Å². The molecule has 1 saturated heterocycles. The number of halogens is 3. The summed E-state index contributed by atoms with van der Waals surface area (Å²) in [6.07, 6.45) is 2.15. The van der Waals surface area contributed by atoms with Crippen LogP contribution in [0.25, 0.3) is 17.0 Å². The number of pyridine rings is 2. The first-order valence-electron chi connectivity index (χ1n) is 10.7. The van der Waals surface area contributed by atoms with Gasteiger partial charge in [-0.3, -0.25) is 9.97 Å². The number of likely N-dealkylation sites (tertiary alicyclic amines) is 1. The van der Waals surface area contributed by atoms with Gasteiger partial charge in [0.05, 0.1) is 22.7 Å². The summed E-state index contributed by atoms with van der Waals surface area (Å²) in [5, 5.41) is 9.94. The van der Waals surface area contributed by atoms with E-state index in [2.05, 4.69) is 27.5 Å². The molecule has 0 bridgehead atoms. The maximum atomic E-state index is 13.1. The maximum absolute atomic E-state index is 13.1. The molecule has 2 aromatic heterocycles. The lowest BCUT2D eigenvalue weighted by atomic mass is 9.74. The van der Waals surface area contributed by atoms with E-state index in [9.17, 15) is 18.4 Å². The minimum absolute atomic E-state index is 0.295. The number of nitriles is 1. The Morgan fingerprint density at radius 2 is 1.79 bits per heavy atom. The molecule has 1 fully saturated rings. The third kappa shape index (κ3) is 4.90.